The summed E-state index contributed by atoms with van der Waals surface area (Å²) in [6, 6.07) is 9.12. The van der Waals surface area contributed by atoms with Crippen molar-refractivity contribution >= 4 is 86.3 Å². The van der Waals surface area contributed by atoms with Crippen LogP contribution in [0.15, 0.2) is 78.9 Å². The van der Waals surface area contributed by atoms with Gasteiger partial charge in [0.05, 0.1) is 11.3 Å². The van der Waals surface area contributed by atoms with Crippen LogP contribution in [0.5, 0.6) is 5.75 Å². The SMILES string of the molecule is CC(C)C1NC(=O)[C@H](Cc2ccccc2)NC(=O)C(Cc2ccc([N+](=O)[O-])cc2)NC(=O)CC(C)(C)SSC[C@@H](C(=O)N2CCC[C@H]2C(=O)N[C@@H](CCCCN)C(=O)N[C@H](Cc2ccc(O)cc2)C(N)=O)NC(=O)C(CC(N)=O)NC1=O. The highest BCUT2D eigenvalue weighted by atomic mass is 33.1. The number of amides is 10. The minimum atomic E-state index is -1.70. The summed E-state index contributed by atoms with van der Waals surface area (Å²) in [5.74, 6) is -9.11. The molecule has 2 fully saturated rings. The largest absolute Gasteiger partial charge is 0.508 e. The molecule has 2 heterocycles. The van der Waals surface area contributed by atoms with Gasteiger partial charge in [0.2, 0.25) is 59.1 Å². The lowest BCUT2D eigenvalue weighted by molar-refractivity contribution is -0.384. The number of nitrogens with zero attached hydrogens (tertiary/aromatic N) is 2. The molecule has 0 spiro atoms. The monoisotopic (exact) mass is 1170 g/mol. The predicted molar refractivity (Wildman–Crippen MR) is 307 cm³/mol. The summed E-state index contributed by atoms with van der Waals surface area (Å²) in [6.45, 7) is 6.97. The average Bonchev–Trinajstić information content (AvgIpc) is 4.13. The van der Waals surface area contributed by atoms with Crippen molar-refractivity contribution in [3.63, 3.8) is 0 Å². The third kappa shape index (κ3) is 20.0. The molecular weight excluding hydrogens is 1100 g/mol. The number of phenolic OH excluding ortho intramolecular Hbond substituents is 1. The lowest BCUT2D eigenvalue weighted by atomic mass is 9.99. The van der Waals surface area contributed by atoms with Crippen LogP contribution in [0.25, 0.3) is 0 Å². The van der Waals surface area contributed by atoms with Crippen molar-refractivity contribution in [1.29, 1.82) is 0 Å². The normalized spacial score (nSPS) is 22.0. The van der Waals surface area contributed by atoms with Crippen LogP contribution in [0.1, 0.15) is 89.3 Å². The van der Waals surface area contributed by atoms with Gasteiger partial charge in [-0.1, -0.05) is 90.0 Å². The first-order valence-electron chi connectivity index (χ1n) is 26.9. The molecule has 14 N–H and O–H groups in total. The van der Waals surface area contributed by atoms with Gasteiger partial charge in [-0.2, -0.15) is 0 Å². The van der Waals surface area contributed by atoms with Gasteiger partial charge in [-0.3, -0.25) is 58.1 Å². The molecule has 0 aliphatic carbocycles. The second-order valence-electron chi connectivity index (χ2n) is 21.2. The first-order chi connectivity index (χ1) is 38.8. The number of nitrogens with one attached hydrogen (secondary N) is 7. The van der Waals surface area contributed by atoms with Gasteiger partial charge in [0.15, 0.2) is 0 Å². The fourth-order valence-electron chi connectivity index (χ4n) is 9.26. The molecule has 82 heavy (non-hydrogen) atoms. The molecule has 444 valence electrons. The summed E-state index contributed by atoms with van der Waals surface area (Å²) in [6.07, 6.45) is 0.198. The first-order valence-corrected chi connectivity index (χ1v) is 29.2. The molecule has 2 aliphatic heterocycles. The van der Waals surface area contributed by atoms with E-state index in [1.54, 1.807) is 70.2 Å². The standard InChI is InChI=1S/C55H74N12O13S2/c1-31(2)46-53(77)63-41(28-44(57)69)50(74)64-42(54(78)66-24-10-14-43(66)52(76)60-37(13-8-9-23-56)48(72)61-38(47(58)71)25-34-17-21-36(68)22-18-34)30-81-82-55(3,4)29-45(70)59-39(27-33-15-19-35(20-16-33)67(79)80)49(73)62-40(51(75)65-46)26-32-11-6-5-7-12-32/h5-7,11-12,15-22,31,37-43,46,68H,8-10,13-14,23-30,56H2,1-4H3,(H2,57,69)(H2,58,71)(H,59,70)(H,60,76)(H,61,72)(H,62,73)(H,63,77)(H,64,74)(H,65,75)/t37-,38+,39?,40-,41?,42-,43-,46?/m0/s1. The summed E-state index contributed by atoms with van der Waals surface area (Å²) >= 11 is 0. The molecule has 3 unspecified atom stereocenters. The molecule has 0 aromatic heterocycles. The Morgan fingerprint density at radius 2 is 1.37 bits per heavy atom. The molecule has 3 aromatic rings. The number of rotatable bonds is 20. The molecule has 3 aromatic carbocycles. The molecular formula is C55H74N12O13S2. The Bertz CT molecular complexity index is 2770. The third-order valence-electron chi connectivity index (χ3n) is 13.6. The van der Waals surface area contributed by atoms with Crippen LogP contribution < -0.4 is 54.4 Å². The summed E-state index contributed by atoms with van der Waals surface area (Å²) < 4.78 is -0.960. The van der Waals surface area contributed by atoms with Gasteiger partial charge in [-0.05, 0) is 87.2 Å². The van der Waals surface area contributed by atoms with Crippen LogP contribution in [0.2, 0.25) is 0 Å². The van der Waals surface area contributed by atoms with Gasteiger partial charge in [-0.25, -0.2) is 0 Å². The number of likely N-dealkylation sites (tertiary alicyclic amines) is 1. The van der Waals surface area contributed by atoms with E-state index in [1.165, 1.54) is 41.3 Å². The molecule has 2 saturated heterocycles. The van der Waals surface area contributed by atoms with Crippen molar-refractivity contribution in [2.45, 2.75) is 145 Å². The van der Waals surface area contributed by atoms with Gasteiger partial charge in [-0.15, -0.1) is 0 Å². The second-order valence-corrected chi connectivity index (χ2v) is 24.2. The van der Waals surface area contributed by atoms with E-state index in [9.17, 15) is 63.2 Å². The molecule has 0 bridgehead atoms. The maximum Gasteiger partial charge on any atom is 0.269 e. The minimum Gasteiger partial charge on any atom is -0.508 e. The number of carbonyl (C=O) groups is 10. The number of unbranched alkanes of at least 4 members (excludes halogenated alkanes) is 1. The summed E-state index contributed by atoms with van der Waals surface area (Å²) in [5.41, 5.74) is 18.5. The zero-order chi connectivity index (χ0) is 60.3. The lowest BCUT2D eigenvalue weighted by Crippen LogP contribution is -2.61. The van der Waals surface area contributed by atoms with Crippen molar-refractivity contribution in [2.75, 3.05) is 18.8 Å². The Labute approximate surface area is 482 Å². The van der Waals surface area contributed by atoms with Crippen LogP contribution >= 0.6 is 21.6 Å². The maximum atomic E-state index is 14.9. The van der Waals surface area contributed by atoms with E-state index in [0.717, 1.165) is 21.6 Å². The van der Waals surface area contributed by atoms with Gasteiger partial charge < -0.3 is 64.4 Å². The lowest BCUT2D eigenvalue weighted by Gasteiger charge is -2.32. The number of hydrogen-bond acceptors (Lipinski definition) is 16. The summed E-state index contributed by atoms with van der Waals surface area (Å²) in [5, 5.41) is 40.0. The maximum absolute atomic E-state index is 14.9. The van der Waals surface area contributed by atoms with E-state index in [4.69, 9.17) is 17.2 Å². The summed E-state index contributed by atoms with van der Waals surface area (Å²) in [4.78, 5) is 152. The highest BCUT2D eigenvalue weighted by Gasteiger charge is 2.41. The van der Waals surface area contributed by atoms with E-state index in [1.807, 2.05) is 0 Å². The van der Waals surface area contributed by atoms with Gasteiger partial charge in [0, 0.05) is 54.9 Å². The Balaban J connectivity index is 1.46. The van der Waals surface area contributed by atoms with Gasteiger partial charge >= 0.3 is 0 Å². The number of nitrogens with two attached hydrogens (primary N) is 3. The van der Waals surface area contributed by atoms with Crippen molar-refractivity contribution in [3.8, 4) is 5.75 Å². The third-order valence-corrected chi connectivity index (χ3v) is 16.9. The minimum absolute atomic E-state index is 0.00979. The quantitative estimate of drug-likeness (QED) is 0.0316. The highest BCUT2D eigenvalue weighted by Crippen LogP contribution is 2.39. The number of benzene rings is 3. The van der Waals surface area contributed by atoms with Gasteiger partial charge in [0.1, 0.15) is 54.1 Å². The van der Waals surface area contributed by atoms with Crippen LogP contribution in [-0.4, -0.2) is 146 Å². The Morgan fingerprint density at radius 3 is 1.98 bits per heavy atom. The van der Waals surface area contributed by atoms with E-state index in [0.29, 0.717) is 36.0 Å². The van der Waals surface area contributed by atoms with E-state index < -0.39 is 129 Å². The molecule has 10 amide bonds. The summed E-state index contributed by atoms with van der Waals surface area (Å²) in [7, 11) is 2.24. The number of phenols is 1. The molecule has 2 aliphatic rings. The molecule has 0 radical (unpaired) electrons. The number of nitro groups is 1. The Kier molecular flexibility index (Phi) is 24.5. The van der Waals surface area contributed by atoms with Crippen molar-refractivity contribution in [1.82, 2.24) is 42.1 Å². The number of non-ortho nitro benzene ring substituents is 1. The van der Waals surface area contributed by atoms with Crippen LogP contribution in [0.3, 0.4) is 0 Å². The number of aromatic hydroxyl groups is 1. The smallest absolute Gasteiger partial charge is 0.269 e. The Morgan fingerprint density at radius 1 is 0.768 bits per heavy atom. The Hall–Kier alpha value is -7.78. The highest BCUT2D eigenvalue weighted by molar-refractivity contribution is 8.77. The van der Waals surface area contributed by atoms with Crippen molar-refractivity contribution in [2.24, 2.45) is 23.1 Å². The fourth-order valence-corrected chi connectivity index (χ4v) is 11.9. The van der Waals surface area contributed by atoms with Crippen LogP contribution in [0, 0.1) is 16.0 Å². The molecule has 5 rings (SSSR count). The number of nitro benzene ring substituents is 1. The topological polar surface area (TPSA) is 400 Å². The molecule has 0 saturated carbocycles. The van der Waals surface area contributed by atoms with E-state index in [2.05, 4.69) is 37.2 Å². The molecule has 27 heteroatoms. The van der Waals surface area contributed by atoms with Crippen LogP contribution in [0.4, 0.5) is 5.69 Å². The second kappa shape index (κ2) is 30.9. The predicted octanol–water partition coefficient (Wildman–Crippen LogP) is 0.422. The number of hydrogen-bond donors (Lipinski definition) is 11. The van der Waals surface area contributed by atoms with Crippen LogP contribution in [-0.2, 0) is 67.2 Å². The first kappa shape index (κ1) is 65.0. The van der Waals surface area contributed by atoms with Crippen molar-refractivity contribution in [3.05, 3.63) is 106 Å². The zero-order valence-corrected chi connectivity index (χ0v) is 47.8. The average molecular weight is 1180 g/mol. The van der Waals surface area contributed by atoms with Crippen molar-refractivity contribution < 1.29 is 58.0 Å². The molecule has 8 atom stereocenters. The van der Waals surface area contributed by atoms with E-state index in [-0.39, 0.29) is 68.8 Å². The van der Waals surface area contributed by atoms with E-state index >= 15 is 0 Å². The fraction of sp³-hybridized carbons (Fsp3) is 0.491. The van der Waals surface area contributed by atoms with Gasteiger partial charge in [0.25, 0.3) is 5.69 Å². The molecule has 25 nitrogen and oxygen atoms in total. The number of primary amides is 2. The number of carbonyl (C=O) groups excluding carboxylic acids is 10. The zero-order valence-electron chi connectivity index (χ0n) is 46.2.